The zero-order chi connectivity index (χ0) is 13.3. The maximum atomic E-state index is 5.73. The van der Waals surface area contributed by atoms with Gasteiger partial charge in [0.2, 0.25) is 0 Å². The number of benzene rings is 1. The molecule has 0 saturated carbocycles. The predicted molar refractivity (Wildman–Crippen MR) is 76.8 cm³/mol. The molecule has 2 aromatic rings. The molecule has 18 heavy (non-hydrogen) atoms. The first-order chi connectivity index (χ1) is 8.52. The SMILES string of the molecule is Cc1ccc2c(c1)nc(CC(C)CN)n2C(C)C. The van der Waals surface area contributed by atoms with Crippen LogP contribution in [-0.4, -0.2) is 16.1 Å². The van der Waals surface area contributed by atoms with Crippen molar-refractivity contribution >= 4 is 11.0 Å². The lowest BCUT2D eigenvalue weighted by molar-refractivity contribution is 0.521. The Labute approximate surface area is 109 Å². The Morgan fingerprint density at radius 3 is 2.61 bits per heavy atom. The number of hydrogen-bond acceptors (Lipinski definition) is 2. The van der Waals surface area contributed by atoms with Gasteiger partial charge in [-0.05, 0) is 50.9 Å². The lowest BCUT2D eigenvalue weighted by Gasteiger charge is -2.15. The Balaban J connectivity index is 2.54. The molecule has 0 bridgehead atoms. The molecule has 0 saturated heterocycles. The van der Waals surface area contributed by atoms with Crippen LogP contribution in [0.3, 0.4) is 0 Å². The Bertz CT molecular complexity index is 540. The Hall–Kier alpha value is -1.35. The third-order valence-corrected chi connectivity index (χ3v) is 3.37. The van der Waals surface area contributed by atoms with Crippen molar-refractivity contribution in [3.8, 4) is 0 Å². The number of aromatic nitrogens is 2. The average Bonchev–Trinajstić information content (AvgIpc) is 2.65. The summed E-state index contributed by atoms with van der Waals surface area (Å²) in [4.78, 5) is 4.79. The molecule has 98 valence electrons. The van der Waals surface area contributed by atoms with Gasteiger partial charge in [-0.2, -0.15) is 0 Å². The number of rotatable bonds is 4. The minimum Gasteiger partial charge on any atom is -0.330 e. The Kier molecular flexibility index (Phi) is 3.71. The van der Waals surface area contributed by atoms with E-state index in [1.807, 2.05) is 0 Å². The van der Waals surface area contributed by atoms with E-state index >= 15 is 0 Å². The lowest BCUT2D eigenvalue weighted by atomic mass is 10.1. The maximum Gasteiger partial charge on any atom is 0.110 e. The van der Waals surface area contributed by atoms with Crippen molar-refractivity contribution in [1.82, 2.24) is 9.55 Å². The van der Waals surface area contributed by atoms with Crippen molar-refractivity contribution in [2.75, 3.05) is 6.54 Å². The molecule has 0 amide bonds. The molecule has 0 spiro atoms. The molecule has 3 heteroatoms. The number of fused-ring (bicyclic) bond motifs is 1. The van der Waals surface area contributed by atoms with E-state index in [4.69, 9.17) is 10.7 Å². The third-order valence-electron chi connectivity index (χ3n) is 3.37. The highest BCUT2D eigenvalue weighted by molar-refractivity contribution is 5.77. The summed E-state index contributed by atoms with van der Waals surface area (Å²) in [5.74, 6) is 1.63. The van der Waals surface area contributed by atoms with E-state index < -0.39 is 0 Å². The van der Waals surface area contributed by atoms with Gasteiger partial charge in [0.05, 0.1) is 11.0 Å². The van der Waals surface area contributed by atoms with Crippen LogP contribution in [0.25, 0.3) is 11.0 Å². The predicted octanol–water partition coefficient (Wildman–Crippen LogP) is 3.06. The normalized spacial score (nSPS) is 13.4. The molecular weight excluding hydrogens is 222 g/mol. The second kappa shape index (κ2) is 5.11. The number of nitrogens with two attached hydrogens (primary N) is 1. The van der Waals surface area contributed by atoms with E-state index in [1.54, 1.807) is 0 Å². The standard InChI is InChI=1S/C15H23N3/c1-10(2)18-14-6-5-11(3)7-13(14)17-15(18)8-12(4)9-16/h5-7,10,12H,8-9,16H2,1-4H3. The van der Waals surface area contributed by atoms with Gasteiger partial charge in [0.25, 0.3) is 0 Å². The lowest BCUT2D eigenvalue weighted by Crippen LogP contribution is -2.16. The Morgan fingerprint density at radius 1 is 1.28 bits per heavy atom. The summed E-state index contributed by atoms with van der Waals surface area (Å²) in [5, 5.41) is 0. The summed E-state index contributed by atoms with van der Waals surface area (Å²) in [6.45, 7) is 9.40. The van der Waals surface area contributed by atoms with Crippen LogP contribution in [0.2, 0.25) is 0 Å². The molecule has 1 heterocycles. The Morgan fingerprint density at radius 2 is 2.00 bits per heavy atom. The van der Waals surface area contributed by atoms with Crippen molar-refractivity contribution in [3.63, 3.8) is 0 Å². The van der Waals surface area contributed by atoms with Gasteiger partial charge in [-0.25, -0.2) is 4.98 Å². The molecule has 0 radical (unpaired) electrons. The molecule has 1 aromatic heterocycles. The third kappa shape index (κ3) is 2.41. The van der Waals surface area contributed by atoms with E-state index in [0.29, 0.717) is 18.5 Å². The van der Waals surface area contributed by atoms with Crippen LogP contribution in [0.1, 0.15) is 38.2 Å². The highest BCUT2D eigenvalue weighted by atomic mass is 15.1. The van der Waals surface area contributed by atoms with E-state index in [0.717, 1.165) is 17.8 Å². The average molecular weight is 245 g/mol. The number of aryl methyl sites for hydroxylation is 1. The minimum absolute atomic E-state index is 0.428. The van der Waals surface area contributed by atoms with Crippen LogP contribution in [0.5, 0.6) is 0 Å². The van der Waals surface area contributed by atoms with Crippen LogP contribution < -0.4 is 5.73 Å². The molecule has 0 aliphatic rings. The largest absolute Gasteiger partial charge is 0.330 e. The molecule has 2 N–H and O–H groups in total. The fourth-order valence-corrected chi connectivity index (χ4v) is 2.37. The first-order valence-corrected chi connectivity index (χ1v) is 6.70. The van der Waals surface area contributed by atoms with Gasteiger partial charge in [-0.3, -0.25) is 0 Å². The van der Waals surface area contributed by atoms with Crippen LogP contribution >= 0.6 is 0 Å². The fraction of sp³-hybridized carbons (Fsp3) is 0.533. The van der Waals surface area contributed by atoms with E-state index in [1.165, 1.54) is 11.1 Å². The van der Waals surface area contributed by atoms with Gasteiger partial charge >= 0.3 is 0 Å². The molecule has 1 atom stereocenters. The van der Waals surface area contributed by atoms with Crippen LogP contribution in [0, 0.1) is 12.8 Å². The number of hydrogen-bond donors (Lipinski definition) is 1. The van der Waals surface area contributed by atoms with Gasteiger partial charge in [-0.15, -0.1) is 0 Å². The smallest absolute Gasteiger partial charge is 0.110 e. The van der Waals surface area contributed by atoms with Crippen LogP contribution in [0.4, 0.5) is 0 Å². The molecule has 0 aliphatic heterocycles. The zero-order valence-corrected chi connectivity index (χ0v) is 11.8. The fourth-order valence-electron chi connectivity index (χ4n) is 2.37. The topological polar surface area (TPSA) is 43.8 Å². The van der Waals surface area contributed by atoms with Crippen molar-refractivity contribution in [2.24, 2.45) is 11.7 Å². The summed E-state index contributed by atoms with van der Waals surface area (Å²) in [6.07, 6.45) is 0.947. The first-order valence-electron chi connectivity index (χ1n) is 6.70. The quantitative estimate of drug-likeness (QED) is 0.899. The van der Waals surface area contributed by atoms with E-state index in [2.05, 4.69) is 50.5 Å². The van der Waals surface area contributed by atoms with Crippen molar-refractivity contribution < 1.29 is 0 Å². The van der Waals surface area contributed by atoms with Gasteiger partial charge < -0.3 is 10.3 Å². The van der Waals surface area contributed by atoms with Crippen LogP contribution in [0.15, 0.2) is 18.2 Å². The van der Waals surface area contributed by atoms with Gasteiger partial charge in [0.15, 0.2) is 0 Å². The molecule has 0 aliphatic carbocycles. The van der Waals surface area contributed by atoms with Gasteiger partial charge in [0, 0.05) is 12.5 Å². The van der Waals surface area contributed by atoms with Crippen molar-refractivity contribution in [3.05, 3.63) is 29.6 Å². The monoisotopic (exact) mass is 245 g/mol. The molecular formula is C15H23N3. The number of nitrogens with zero attached hydrogens (tertiary/aromatic N) is 2. The summed E-state index contributed by atoms with van der Waals surface area (Å²) in [6, 6.07) is 6.91. The summed E-state index contributed by atoms with van der Waals surface area (Å²) < 4.78 is 2.33. The minimum atomic E-state index is 0.428. The second-order valence-corrected chi connectivity index (χ2v) is 5.53. The molecule has 2 rings (SSSR count). The maximum absolute atomic E-state index is 5.73. The summed E-state index contributed by atoms with van der Waals surface area (Å²) in [7, 11) is 0. The van der Waals surface area contributed by atoms with Gasteiger partial charge in [0.1, 0.15) is 5.82 Å². The molecule has 3 nitrogen and oxygen atoms in total. The highest BCUT2D eigenvalue weighted by Crippen LogP contribution is 2.23. The second-order valence-electron chi connectivity index (χ2n) is 5.53. The molecule has 1 aromatic carbocycles. The van der Waals surface area contributed by atoms with E-state index in [-0.39, 0.29) is 0 Å². The van der Waals surface area contributed by atoms with Crippen molar-refractivity contribution in [2.45, 2.75) is 40.2 Å². The summed E-state index contributed by atoms with van der Waals surface area (Å²) >= 11 is 0. The van der Waals surface area contributed by atoms with E-state index in [9.17, 15) is 0 Å². The van der Waals surface area contributed by atoms with Gasteiger partial charge in [-0.1, -0.05) is 13.0 Å². The number of imidazole rings is 1. The highest BCUT2D eigenvalue weighted by Gasteiger charge is 2.15. The first kappa shape index (κ1) is 13.1. The molecule has 1 unspecified atom stereocenters. The van der Waals surface area contributed by atoms with Crippen molar-refractivity contribution in [1.29, 1.82) is 0 Å². The molecule has 0 fully saturated rings. The zero-order valence-electron chi connectivity index (χ0n) is 11.8. The summed E-state index contributed by atoms with van der Waals surface area (Å²) in [5.41, 5.74) is 9.32. The van der Waals surface area contributed by atoms with Crippen LogP contribution in [-0.2, 0) is 6.42 Å².